The van der Waals surface area contributed by atoms with Crippen LogP contribution >= 0.6 is 23.2 Å². The highest BCUT2D eigenvalue weighted by Gasteiger charge is 2.31. The second kappa shape index (κ2) is 8.67. The minimum atomic E-state index is -4.71. The molecule has 10 heteroatoms. The Hall–Kier alpha value is -2.19. The normalized spacial score (nSPS) is 11.3. The third-order valence-corrected chi connectivity index (χ3v) is 3.83. The number of halogens is 6. The van der Waals surface area contributed by atoms with Crippen molar-refractivity contribution in [2.24, 2.45) is 0 Å². The largest absolute Gasteiger partial charge is 0.508 e. The number of aromatic hydroxyl groups is 1. The number of hydrogen-bond acceptors (Lipinski definition) is 4. The van der Waals surface area contributed by atoms with E-state index >= 15 is 0 Å². The zero-order valence-corrected chi connectivity index (χ0v) is 15.0. The minimum Gasteiger partial charge on any atom is -0.508 e. The van der Waals surface area contributed by atoms with Gasteiger partial charge in [-0.15, -0.1) is 0 Å². The van der Waals surface area contributed by atoms with Crippen molar-refractivity contribution in [2.45, 2.75) is 12.6 Å². The molecule has 1 N–H and O–H groups in total. The van der Waals surface area contributed by atoms with Gasteiger partial charge < -0.3 is 14.6 Å². The van der Waals surface area contributed by atoms with E-state index in [9.17, 15) is 27.5 Å². The third-order valence-electron chi connectivity index (χ3n) is 3.27. The van der Waals surface area contributed by atoms with Gasteiger partial charge in [0, 0.05) is 18.6 Å². The summed E-state index contributed by atoms with van der Waals surface area (Å²) in [6.07, 6.45) is -4.53. The van der Waals surface area contributed by atoms with Crippen LogP contribution in [0.2, 0.25) is 10.0 Å². The Balaban J connectivity index is 1.85. The average molecular weight is 427 g/mol. The van der Waals surface area contributed by atoms with E-state index in [2.05, 4.69) is 0 Å². The van der Waals surface area contributed by atoms with Crippen LogP contribution in [0.1, 0.15) is 22.3 Å². The van der Waals surface area contributed by atoms with Crippen LogP contribution in [0.15, 0.2) is 30.3 Å². The number of esters is 1. The lowest BCUT2D eigenvalue weighted by Crippen LogP contribution is -2.12. The van der Waals surface area contributed by atoms with Crippen molar-refractivity contribution in [1.82, 2.24) is 0 Å². The first-order valence-corrected chi connectivity index (χ1v) is 8.20. The van der Waals surface area contributed by atoms with Crippen LogP contribution in [0, 0.1) is 5.82 Å². The Bertz CT molecular complexity index is 817. The van der Waals surface area contributed by atoms with Gasteiger partial charge in [0.25, 0.3) is 0 Å². The summed E-state index contributed by atoms with van der Waals surface area (Å²) in [6.45, 7) is -0.139. The fourth-order valence-corrected chi connectivity index (χ4v) is 2.60. The molecule has 0 atom stereocenters. The number of rotatable bonds is 6. The number of benzene rings is 2. The van der Waals surface area contributed by atoms with E-state index in [1.54, 1.807) is 0 Å². The van der Waals surface area contributed by atoms with Crippen molar-refractivity contribution >= 4 is 29.2 Å². The maximum Gasteiger partial charge on any atom is 0.416 e. The van der Waals surface area contributed by atoms with E-state index in [0.29, 0.717) is 12.1 Å². The van der Waals surface area contributed by atoms with E-state index in [4.69, 9.17) is 32.7 Å². The molecular weight excluding hydrogens is 415 g/mol. The predicted molar refractivity (Wildman–Crippen MR) is 89.9 cm³/mol. The molecule has 0 radical (unpaired) electrons. The van der Waals surface area contributed by atoms with Crippen LogP contribution in [0.25, 0.3) is 0 Å². The molecule has 2 rings (SSSR count). The van der Waals surface area contributed by atoms with Gasteiger partial charge in [-0.2, -0.15) is 13.2 Å². The molecule has 27 heavy (non-hydrogen) atoms. The summed E-state index contributed by atoms with van der Waals surface area (Å²) in [5, 5.41) is 9.48. The molecule has 0 heterocycles. The molecule has 0 unspecified atom stereocenters. The summed E-state index contributed by atoms with van der Waals surface area (Å²) in [6, 6.07) is 4.01. The Morgan fingerprint density at radius 1 is 1.07 bits per heavy atom. The van der Waals surface area contributed by atoms with Gasteiger partial charge in [0.15, 0.2) is 5.75 Å². The van der Waals surface area contributed by atoms with Crippen molar-refractivity contribution in [1.29, 1.82) is 0 Å². The summed E-state index contributed by atoms with van der Waals surface area (Å²) >= 11 is 11.7. The quantitative estimate of drug-likeness (QED) is 0.377. The topological polar surface area (TPSA) is 55.8 Å². The monoisotopic (exact) mass is 426 g/mol. The van der Waals surface area contributed by atoms with Crippen LogP contribution < -0.4 is 4.74 Å². The Labute approximate surface area is 161 Å². The second-order valence-corrected chi connectivity index (χ2v) is 6.08. The van der Waals surface area contributed by atoms with Crippen LogP contribution in [0.4, 0.5) is 17.6 Å². The number of carbonyl (C=O) groups excluding carboxylic acids is 1. The highest BCUT2D eigenvalue weighted by molar-refractivity contribution is 6.37. The first kappa shape index (κ1) is 21.1. The number of carbonyl (C=O) groups is 1. The fourth-order valence-electron chi connectivity index (χ4n) is 2.02. The summed E-state index contributed by atoms with van der Waals surface area (Å²) < 4.78 is 61.2. The van der Waals surface area contributed by atoms with Gasteiger partial charge in [0.05, 0.1) is 34.4 Å². The molecule has 0 aliphatic carbocycles. The molecule has 0 bridgehead atoms. The number of phenols is 1. The number of ether oxygens (including phenoxy) is 2. The molecule has 0 fully saturated rings. The molecule has 0 saturated carbocycles. The zero-order chi connectivity index (χ0) is 20.2. The SMILES string of the molecule is O=C(OCCCOc1c(Cl)cc(O)cc1Cl)c1ccc(C(F)(F)F)cc1F. The first-order chi connectivity index (χ1) is 12.6. The maximum absolute atomic E-state index is 13.7. The fraction of sp³-hybridized carbons (Fsp3) is 0.235. The summed E-state index contributed by atoms with van der Waals surface area (Å²) in [5.74, 6) is -2.42. The smallest absolute Gasteiger partial charge is 0.416 e. The Kier molecular flexibility index (Phi) is 6.78. The maximum atomic E-state index is 13.7. The van der Waals surface area contributed by atoms with Crippen molar-refractivity contribution in [3.05, 3.63) is 57.3 Å². The van der Waals surface area contributed by atoms with Crippen LogP contribution in [-0.4, -0.2) is 24.3 Å². The molecule has 0 amide bonds. The molecule has 0 aromatic heterocycles. The van der Waals surface area contributed by atoms with E-state index in [1.807, 2.05) is 0 Å². The van der Waals surface area contributed by atoms with Crippen LogP contribution in [0.5, 0.6) is 11.5 Å². The number of hydrogen-bond donors (Lipinski definition) is 1. The second-order valence-electron chi connectivity index (χ2n) is 5.27. The summed E-state index contributed by atoms with van der Waals surface area (Å²) in [5.41, 5.74) is -1.80. The van der Waals surface area contributed by atoms with Gasteiger partial charge >= 0.3 is 12.1 Å². The Morgan fingerprint density at radius 2 is 1.70 bits per heavy atom. The van der Waals surface area contributed by atoms with Crippen LogP contribution in [0.3, 0.4) is 0 Å². The molecule has 2 aromatic carbocycles. The molecule has 0 aliphatic rings. The highest BCUT2D eigenvalue weighted by Crippen LogP contribution is 2.36. The molecule has 4 nitrogen and oxygen atoms in total. The molecule has 2 aromatic rings. The van der Waals surface area contributed by atoms with Crippen molar-refractivity contribution in [2.75, 3.05) is 13.2 Å². The molecular formula is C17H12Cl2F4O4. The predicted octanol–water partition coefficient (Wildman–Crippen LogP) is 5.48. The van der Waals surface area contributed by atoms with Gasteiger partial charge in [0.1, 0.15) is 11.6 Å². The van der Waals surface area contributed by atoms with Gasteiger partial charge in [-0.05, 0) is 18.2 Å². The number of phenolic OH excluding ortho intramolecular Hbond substituents is 1. The summed E-state index contributed by atoms with van der Waals surface area (Å²) in [4.78, 5) is 11.8. The standard InChI is InChI=1S/C17H12Cl2F4O4/c18-12-7-10(24)8-13(19)15(12)26-4-1-5-27-16(25)11-3-2-9(6-14(11)20)17(21,22)23/h2-3,6-8,24H,1,4-5H2. The zero-order valence-electron chi connectivity index (χ0n) is 13.4. The summed E-state index contributed by atoms with van der Waals surface area (Å²) in [7, 11) is 0. The molecule has 146 valence electrons. The highest BCUT2D eigenvalue weighted by atomic mass is 35.5. The van der Waals surface area contributed by atoms with E-state index in [-0.39, 0.29) is 47.2 Å². The minimum absolute atomic E-state index is 0.0347. The van der Waals surface area contributed by atoms with Gasteiger partial charge in [0.2, 0.25) is 0 Å². The third kappa shape index (κ3) is 5.64. The number of alkyl halides is 3. The van der Waals surface area contributed by atoms with Gasteiger partial charge in [-0.1, -0.05) is 23.2 Å². The molecule has 0 aliphatic heterocycles. The molecule has 0 spiro atoms. The Morgan fingerprint density at radius 3 is 2.26 bits per heavy atom. The lowest BCUT2D eigenvalue weighted by atomic mass is 10.1. The average Bonchev–Trinajstić information content (AvgIpc) is 2.55. The van der Waals surface area contributed by atoms with Crippen molar-refractivity contribution in [3.8, 4) is 11.5 Å². The van der Waals surface area contributed by atoms with Gasteiger partial charge in [-0.3, -0.25) is 0 Å². The van der Waals surface area contributed by atoms with E-state index in [1.165, 1.54) is 12.1 Å². The van der Waals surface area contributed by atoms with E-state index < -0.39 is 29.1 Å². The van der Waals surface area contributed by atoms with Gasteiger partial charge in [-0.25, -0.2) is 9.18 Å². The van der Waals surface area contributed by atoms with Crippen molar-refractivity contribution < 1.29 is 36.9 Å². The molecule has 0 saturated heterocycles. The lowest BCUT2D eigenvalue weighted by molar-refractivity contribution is -0.137. The van der Waals surface area contributed by atoms with Crippen LogP contribution in [-0.2, 0) is 10.9 Å². The van der Waals surface area contributed by atoms with E-state index in [0.717, 1.165) is 0 Å². The van der Waals surface area contributed by atoms with Crippen molar-refractivity contribution in [3.63, 3.8) is 0 Å². The first-order valence-electron chi connectivity index (χ1n) is 7.44. The lowest BCUT2D eigenvalue weighted by Gasteiger charge is -2.11.